The second kappa shape index (κ2) is 5.52. The van der Waals surface area contributed by atoms with Crippen molar-refractivity contribution in [3.8, 4) is 0 Å². The molecule has 0 spiro atoms. The fourth-order valence-electron chi connectivity index (χ4n) is 2.20. The largest absolute Gasteiger partial charge is 0.339 e. The van der Waals surface area contributed by atoms with Crippen LogP contribution in [0.2, 0.25) is 5.02 Å². The number of carbonyl (C=O) groups excluding carboxylic acids is 1. The van der Waals surface area contributed by atoms with Gasteiger partial charge in [0.1, 0.15) is 5.54 Å². The van der Waals surface area contributed by atoms with Gasteiger partial charge in [0.05, 0.1) is 17.4 Å². The zero-order valence-electron chi connectivity index (χ0n) is 13.0. The van der Waals surface area contributed by atoms with Gasteiger partial charge in [-0.15, -0.1) is 0 Å². The van der Waals surface area contributed by atoms with Crippen LogP contribution in [0.25, 0.3) is 0 Å². The highest BCUT2D eigenvalue weighted by atomic mass is 35.5. The maximum atomic E-state index is 12.7. The first-order valence-corrected chi connectivity index (χ1v) is 7.05. The Bertz CT molecular complexity index is 658. The Labute approximate surface area is 129 Å². The third-order valence-electron chi connectivity index (χ3n) is 3.74. The van der Waals surface area contributed by atoms with Crippen LogP contribution in [-0.2, 0) is 23.9 Å². The van der Waals surface area contributed by atoms with Crippen LogP contribution in [0, 0.1) is 6.92 Å². The number of amides is 1. The van der Waals surface area contributed by atoms with Crippen molar-refractivity contribution >= 4 is 17.5 Å². The highest BCUT2D eigenvalue weighted by Gasteiger charge is 2.33. The van der Waals surface area contributed by atoms with Crippen LogP contribution in [-0.4, -0.2) is 37.4 Å². The molecule has 114 valence electrons. The van der Waals surface area contributed by atoms with E-state index in [4.69, 9.17) is 11.6 Å². The fraction of sp³-hybridized carbons (Fsp3) is 0.500. The molecule has 0 aliphatic heterocycles. The molecule has 2 rings (SSSR count). The van der Waals surface area contributed by atoms with Gasteiger partial charge in [0.15, 0.2) is 0 Å². The van der Waals surface area contributed by atoms with E-state index in [1.807, 2.05) is 27.8 Å². The summed E-state index contributed by atoms with van der Waals surface area (Å²) in [7, 11) is 3.66. The number of likely N-dealkylation sites (N-methyl/N-ethyl adjacent to an activating group) is 1. The van der Waals surface area contributed by atoms with Crippen molar-refractivity contribution in [3.63, 3.8) is 0 Å². The first-order valence-electron chi connectivity index (χ1n) is 6.67. The van der Waals surface area contributed by atoms with Gasteiger partial charge in [0.25, 0.3) is 0 Å². The fourth-order valence-corrected chi connectivity index (χ4v) is 2.33. The zero-order chi connectivity index (χ0) is 15.8. The number of hydrogen-bond donors (Lipinski definition) is 0. The lowest BCUT2D eigenvalue weighted by molar-refractivity contribution is -0.139. The molecule has 0 atom stereocenters. The van der Waals surface area contributed by atoms with E-state index in [1.165, 1.54) is 6.20 Å². The van der Waals surface area contributed by atoms with Crippen LogP contribution >= 0.6 is 11.6 Å². The van der Waals surface area contributed by atoms with Gasteiger partial charge in [-0.3, -0.25) is 14.2 Å². The summed E-state index contributed by atoms with van der Waals surface area (Å²) in [6.07, 6.45) is 4.97. The summed E-state index contributed by atoms with van der Waals surface area (Å²) < 4.78 is 3.39. The van der Waals surface area contributed by atoms with E-state index in [1.54, 1.807) is 33.7 Å². The molecule has 0 saturated carbocycles. The van der Waals surface area contributed by atoms with Gasteiger partial charge in [0, 0.05) is 38.1 Å². The SMILES string of the molecule is Cc1c(CN(C)C(=O)C(C)(C)n2cc(Cl)cn2)cnn1C. The quantitative estimate of drug-likeness (QED) is 0.867. The van der Waals surface area contributed by atoms with Gasteiger partial charge in [0.2, 0.25) is 5.91 Å². The minimum Gasteiger partial charge on any atom is -0.339 e. The Morgan fingerprint density at radius 2 is 2.05 bits per heavy atom. The van der Waals surface area contributed by atoms with Gasteiger partial charge in [-0.05, 0) is 20.8 Å². The van der Waals surface area contributed by atoms with Gasteiger partial charge < -0.3 is 4.90 Å². The van der Waals surface area contributed by atoms with E-state index in [0.717, 1.165) is 11.3 Å². The van der Waals surface area contributed by atoms with E-state index >= 15 is 0 Å². The van der Waals surface area contributed by atoms with E-state index in [0.29, 0.717) is 11.6 Å². The van der Waals surface area contributed by atoms with Crippen LogP contribution in [0.1, 0.15) is 25.1 Å². The molecule has 2 heterocycles. The molecule has 0 saturated heterocycles. The maximum Gasteiger partial charge on any atom is 0.250 e. The van der Waals surface area contributed by atoms with Crippen LogP contribution in [0.5, 0.6) is 0 Å². The summed E-state index contributed by atoms with van der Waals surface area (Å²) in [5, 5.41) is 8.85. The second-order valence-electron chi connectivity index (χ2n) is 5.70. The molecule has 0 radical (unpaired) electrons. The van der Waals surface area contributed by atoms with Crippen LogP contribution < -0.4 is 0 Å². The Hall–Kier alpha value is -1.82. The van der Waals surface area contributed by atoms with Crippen molar-refractivity contribution in [2.75, 3.05) is 7.05 Å². The minimum atomic E-state index is -0.794. The molecular formula is C14H20ClN5O. The van der Waals surface area contributed by atoms with Crippen LogP contribution in [0.15, 0.2) is 18.6 Å². The number of nitrogens with zero attached hydrogens (tertiary/aromatic N) is 5. The summed E-state index contributed by atoms with van der Waals surface area (Å²) in [4.78, 5) is 14.4. The highest BCUT2D eigenvalue weighted by molar-refractivity contribution is 6.30. The molecule has 2 aromatic rings. The van der Waals surface area contributed by atoms with Gasteiger partial charge in [-0.2, -0.15) is 10.2 Å². The Kier molecular flexibility index (Phi) is 4.09. The molecule has 6 nitrogen and oxygen atoms in total. The normalized spacial score (nSPS) is 11.7. The maximum absolute atomic E-state index is 12.7. The molecule has 0 unspecified atom stereocenters. The van der Waals surface area contributed by atoms with Crippen molar-refractivity contribution in [1.29, 1.82) is 0 Å². The molecule has 21 heavy (non-hydrogen) atoms. The Morgan fingerprint density at radius 3 is 2.52 bits per heavy atom. The third-order valence-corrected chi connectivity index (χ3v) is 3.93. The molecule has 0 fully saturated rings. The first-order chi connectivity index (χ1) is 9.73. The van der Waals surface area contributed by atoms with E-state index in [2.05, 4.69) is 10.2 Å². The van der Waals surface area contributed by atoms with Crippen molar-refractivity contribution in [1.82, 2.24) is 24.5 Å². The van der Waals surface area contributed by atoms with Crippen molar-refractivity contribution < 1.29 is 4.79 Å². The van der Waals surface area contributed by atoms with Crippen LogP contribution in [0.4, 0.5) is 0 Å². The zero-order valence-corrected chi connectivity index (χ0v) is 13.7. The van der Waals surface area contributed by atoms with Gasteiger partial charge >= 0.3 is 0 Å². The minimum absolute atomic E-state index is 0.0366. The van der Waals surface area contributed by atoms with Gasteiger partial charge in [-0.25, -0.2) is 0 Å². The van der Waals surface area contributed by atoms with E-state index in [-0.39, 0.29) is 5.91 Å². The van der Waals surface area contributed by atoms with Gasteiger partial charge in [-0.1, -0.05) is 11.6 Å². The predicted octanol–water partition coefficient (Wildman–Crippen LogP) is 1.97. The lowest BCUT2D eigenvalue weighted by Gasteiger charge is -2.29. The molecule has 0 aliphatic rings. The average Bonchev–Trinajstić information content (AvgIpc) is 2.99. The number of halogens is 1. The molecule has 0 N–H and O–H groups in total. The van der Waals surface area contributed by atoms with Crippen molar-refractivity contribution in [2.45, 2.75) is 32.9 Å². The average molecular weight is 310 g/mol. The van der Waals surface area contributed by atoms with Crippen LogP contribution in [0.3, 0.4) is 0 Å². The summed E-state index contributed by atoms with van der Waals surface area (Å²) in [5.41, 5.74) is 1.29. The van der Waals surface area contributed by atoms with E-state index < -0.39 is 5.54 Å². The molecule has 2 aromatic heterocycles. The molecule has 0 aromatic carbocycles. The lowest BCUT2D eigenvalue weighted by atomic mass is 10.0. The molecule has 0 bridgehead atoms. The lowest BCUT2D eigenvalue weighted by Crippen LogP contribution is -2.45. The van der Waals surface area contributed by atoms with E-state index in [9.17, 15) is 4.79 Å². The monoisotopic (exact) mass is 309 g/mol. The predicted molar refractivity (Wildman–Crippen MR) is 81.0 cm³/mol. The summed E-state index contributed by atoms with van der Waals surface area (Å²) in [6.45, 7) is 6.15. The smallest absolute Gasteiger partial charge is 0.250 e. The molecule has 0 aliphatic carbocycles. The summed E-state index contributed by atoms with van der Waals surface area (Å²) in [6, 6.07) is 0. The summed E-state index contributed by atoms with van der Waals surface area (Å²) >= 11 is 5.88. The Morgan fingerprint density at radius 1 is 1.38 bits per heavy atom. The highest BCUT2D eigenvalue weighted by Crippen LogP contribution is 2.21. The first kappa shape index (κ1) is 15.6. The topological polar surface area (TPSA) is 56.0 Å². The number of hydrogen-bond acceptors (Lipinski definition) is 3. The molecular weight excluding hydrogens is 290 g/mol. The van der Waals surface area contributed by atoms with Crippen molar-refractivity contribution in [2.24, 2.45) is 7.05 Å². The standard InChI is InChI=1S/C14H20ClN5O/c1-10-11(6-16-19(10)5)8-18(4)13(21)14(2,3)20-9-12(15)7-17-20/h6-7,9H,8H2,1-5H3. The third kappa shape index (κ3) is 2.95. The number of aryl methyl sites for hydroxylation is 1. The summed E-state index contributed by atoms with van der Waals surface area (Å²) in [5.74, 6) is -0.0366. The number of carbonyl (C=O) groups is 1. The number of rotatable bonds is 4. The number of aromatic nitrogens is 4. The Balaban J connectivity index is 2.17. The molecule has 7 heteroatoms. The second-order valence-corrected chi connectivity index (χ2v) is 6.14. The van der Waals surface area contributed by atoms with Crippen molar-refractivity contribution in [3.05, 3.63) is 34.9 Å². The molecule has 1 amide bonds.